The zero-order valence-corrected chi connectivity index (χ0v) is 18.5. The SMILES string of the molecule is Cc1cccc(CN2CCC3(CC2)CN(C(=O)c2cc(C)on2)c2ccc(C)cc23)c1. The molecule has 5 nitrogen and oxygen atoms in total. The number of piperidine rings is 1. The summed E-state index contributed by atoms with van der Waals surface area (Å²) in [5.74, 6) is 0.590. The van der Waals surface area contributed by atoms with Crippen molar-refractivity contribution in [3.63, 3.8) is 0 Å². The lowest BCUT2D eigenvalue weighted by Gasteiger charge is -2.40. The number of fused-ring (bicyclic) bond motifs is 2. The van der Waals surface area contributed by atoms with E-state index < -0.39 is 0 Å². The van der Waals surface area contributed by atoms with E-state index in [1.54, 1.807) is 6.07 Å². The van der Waals surface area contributed by atoms with Crippen LogP contribution < -0.4 is 4.90 Å². The van der Waals surface area contributed by atoms with E-state index in [1.807, 2.05) is 11.8 Å². The molecule has 3 aromatic rings. The van der Waals surface area contributed by atoms with Crippen LogP contribution in [0.3, 0.4) is 0 Å². The fourth-order valence-electron chi connectivity index (χ4n) is 5.21. The van der Waals surface area contributed by atoms with Gasteiger partial charge in [-0.05, 0) is 63.9 Å². The summed E-state index contributed by atoms with van der Waals surface area (Å²) < 4.78 is 5.16. The number of hydrogen-bond donors (Lipinski definition) is 0. The van der Waals surface area contributed by atoms with Gasteiger partial charge in [0.25, 0.3) is 5.91 Å². The number of nitrogens with zero attached hydrogens (tertiary/aromatic N) is 3. The van der Waals surface area contributed by atoms with E-state index in [2.05, 4.69) is 66.4 Å². The summed E-state index contributed by atoms with van der Waals surface area (Å²) in [6.45, 7) is 9.87. The first-order valence-electron chi connectivity index (χ1n) is 11.1. The number of benzene rings is 2. The molecule has 2 aliphatic rings. The van der Waals surface area contributed by atoms with E-state index in [0.29, 0.717) is 11.5 Å². The maximum absolute atomic E-state index is 13.3. The zero-order chi connectivity index (χ0) is 21.6. The molecule has 0 aliphatic carbocycles. The van der Waals surface area contributed by atoms with Gasteiger partial charge in [0, 0.05) is 30.3 Å². The summed E-state index contributed by atoms with van der Waals surface area (Å²) in [4.78, 5) is 17.7. The summed E-state index contributed by atoms with van der Waals surface area (Å²) in [7, 11) is 0. The molecule has 1 fully saturated rings. The monoisotopic (exact) mass is 415 g/mol. The van der Waals surface area contributed by atoms with E-state index in [4.69, 9.17) is 4.52 Å². The number of rotatable bonds is 3. The van der Waals surface area contributed by atoms with Gasteiger partial charge >= 0.3 is 0 Å². The second-order valence-corrected chi connectivity index (χ2v) is 9.28. The van der Waals surface area contributed by atoms with Crippen LogP contribution in [-0.2, 0) is 12.0 Å². The average Bonchev–Trinajstić information content (AvgIpc) is 3.31. The lowest BCUT2D eigenvalue weighted by atomic mass is 9.74. The van der Waals surface area contributed by atoms with Crippen molar-refractivity contribution in [1.29, 1.82) is 0 Å². The van der Waals surface area contributed by atoms with Crippen LogP contribution in [0.1, 0.15) is 51.3 Å². The molecule has 1 aromatic heterocycles. The standard InChI is InChI=1S/C26H29N3O2/c1-18-5-4-6-21(13-18)16-28-11-9-26(10-12-28)17-29(24-8-7-19(2)14-22(24)26)25(30)23-15-20(3)31-27-23/h4-8,13-15H,9-12,16-17H2,1-3H3. The summed E-state index contributed by atoms with van der Waals surface area (Å²) >= 11 is 0. The van der Waals surface area contributed by atoms with Gasteiger partial charge in [0.1, 0.15) is 5.76 Å². The molecular formula is C26H29N3O2. The minimum absolute atomic E-state index is 0.0128. The lowest BCUT2D eigenvalue weighted by Crippen LogP contribution is -2.45. The van der Waals surface area contributed by atoms with Gasteiger partial charge in [-0.15, -0.1) is 0 Å². The third kappa shape index (κ3) is 3.68. The summed E-state index contributed by atoms with van der Waals surface area (Å²) in [6.07, 6.45) is 2.10. The summed E-state index contributed by atoms with van der Waals surface area (Å²) in [6, 6.07) is 17.0. The minimum Gasteiger partial charge on any atom is -0.361 e. The predicted molar refractivity (Wildman–Crippen MR) is 121 cm³/mol. The number of likely N-dealkylation sites (tertiary alicyclic amines) is 1. The van der Waals surface area contributed by atoms with Crippen LogP contribution in [0.2, 0.25) is 0 Å². The first kappa shape index (κ1) is 20.0. The number of carbonyl (C=O) groups excluding carboxylic acids is 1. The number of hydrogen-bond acceptors (Lipinski definition) is 4. The van der Waals surface area contributed by atoms with E-state index in [9.17, 15) is 4.79 Å². The first-order chi connectivity index (χ1) is 14.9. The molecule has 5 rings (SSSR count). The van der Waals surface area contributed by atoms with Gasteiger partial charge in [0.15, 0.2) is 5.69 Å². The van der Waals surface area contributed by atoms with Gasteiger partial charge in [-0.2, -0.15) is 0 Å². The number of carbonyl (C=O) groups is 1. The fourth-order valence-corrected chi connectivity index (χ4v) is 5.21. The van der Waals surface area contributed by atoms with Gasteiger partial charge in [-0.25, -0.2) is 0 Å². The van der Waals surface area contributed by atoms with E-state index in [0.717, 1.165) is 44.7 Å². The van der Waals surface area contributed by atoms with Crippen molar-refractivity contribution in [2.75, 3.05) is 24.5 Å². The van der Waals surface area contributed by atoms with E-state index in [1.165, 1.54) is 22.3 Å². The molecular weight excluding hydrogens is 386 g/mol. The summed E-state index contributed by atoms with van der Waals surface area (Å²) in [5.41, 5.74) is 6.67. The molecule has 0 bridgehead atoms. The Bertz CT molecular complexity index is 1130. The van der Waals surface area contributed by atoms with Crippen LogP contribution in [0, 0.1) is 20.8 Å². The third-order valence-corrected chi connectivity index (χ3v) is 6.87. The second-order valence-electron chi connectivity index (χ2n) is 9.28. The highest BCUT2D eigenvalue weighted by Crippen LogP contribution is 2.48. The van der Waals surface area contributed by atoms with Crippen LogP contribution in [0.5, 0.6) is 0 Å². The number of aromatic nitrogens is 1. The van der Waals surface area contributed by atoms with E-state index >= 15 is 0 Å². The van der Waals surface area contributed by atoms with E-state index in [-0.39, 0.29) is 11.3 Å². The molecule has 0 atom stereocenters. The molecule has 0 N–H and O–H groups in total. The highest BCUT2D eigenvalue weighted by molar-refractivity contribution is 6.06. The summed E-state index contributed by atoms with van der Waals surface area (Å²) in [5, 5.41) is 3.98. The van der Waals surface area contributed by atoms with Crippen LogP contribution in [0.4, 0.5) is 5.69 Å². The van der Waals surface area contributed by atoms with Crippen molar-refractivity contribution in [1.82, 2.24) is 10.1 Å². The largest absolute Gasteiger partial charge is 0.361 e. The number of aryl methyl sites for hydroxylation is 3. The Morgan fingerprint density at radius 2 is 1.81 bits per heavy atom. The molecule has 0 saturated carbocycles. The first-order valence-corrected chi connectivity index (χ1v) is 11.1. The van der Waals surface area contributed by atoms with Crippen molar-refractivity contribution in [2.45, 2.75) is 45.6 Å². The topological polar surface area (TPSA) is 49.6 Å². The Morgan fingerprint density at radius 3 is 2.52 bits per heavy atom. The van der Waals surface area contributed by atoms with Crippen molar-refractivity contribution in [2.24, 2.45) is 0 Å². The molecule has 2 aromatic carbocycles. The van der Waals surface area contributed by atoms with Crippen molar-refractivity contribution in [3.8, 4) is 0 Å². The maximum atomic E-state index is 13.3. The second kappa shape index (κ2) is 7.65. The van der Waals surface area contributed by atoms with Gasteiger partial charge in [0.05, 0.1) is 0 Å². The third-order valence-electron chi connectivity index (χ3n) is 6.87. The highest BCUT2D eigenvalue weighted by atomic mass is 16.5. The minimum atomic E-state index is -0.0685. The van der Waals surface area contributed by atoms with Crippen LogP contribution in [0.15, 0.2) is 53.1 Å². The Morgan fingerprint density at radius 1 is 1.03 bits per heavy atom. The van der Waals surface area contributed by atoms with Gasteiger partial charge in [-0.1, -0.05) is 52.7 Å². The van der Waals surface area contributed by atoms with Gasteiger partial charge in [0.2, 0.25) is 0 Å². The van der Waals surface area contributed by atoms with Crippen LogP contribution in [0.25, 0.3) is 0 Å². The Kier molecular flexibility index (Phi) is 4.94. The highest BCUT2D eigenvalue weighted by Gasteiger charge is 2.46. The Hall–Kier alpha value is -2.92. The normalized spacial score (nSPS) is 17.8. The Balaban J connectivity index is 1.38. The quantitative estimate of drug-likeness (QED) is 0.617. The number of amides is 1. The molecule has 5 heteroatoms. The lowest BCUT2D eigenvalue weighted by molar-refractivity contribution is 0.0967. The molecule has 1 spiro atoms. The molecule has 3 heterocycles. The maximum Gasteiger partial charge on any atom is 0.280 e. The molecule has 1 amide bonds. The smallest absolute Gasteiger partial charge is 0.280 e. The average molecular weight is 416 g/mol. The van der Waals surface area contributed by atoms with Crippen molar-refractivity contribution < 1.29 is 9.32 Å². The molecule has 160 valence electrons. The molecule has 2 aliphatic heterocycles. The van der Waals surface area contributed by atoms with Crippen LogP contribution in [-0.4, -0.2) is 35.6 Å². The molecule has 31 heavy (non-hydrogen) atoms. The molecule has 0 unspecified atom stereocenters. The number of anilines is 1. The van der Waals surface area contributed by atoms with Gasteiger partial charge in [-0.3, -0.25) is 9.69 Å². The predicted octanol–water partition coefficient (Wildman–Crippen LogP) is 4.79. The van der Waals surface area contributed by atoms with Gasteiger partial charge < -0.3 is 9.42 Å². The molecule has 0 radical (unpaired) electrons. The van der Waals surface area contributed by atoms with Crippen molar-refractivity contribution in [3.05, 3.63) is 82.2 Å². The zero-order valence-electron chi connectivity index (χ0n) is 18.5. The molecule has 1 saturated heterocycles. The van der Waals surface area contributed by atoms with Crippen molar-refractivity contribution >= 4 is 11.6 Å². The fraction of sp³-hybridized carbons (Fsp3) is 0.385. The Labute approximate surface area is 183 Å². The van der Waals surface area contributed by atoms with Crippen LogP contribution >= 0.6 is 0 Å².